The van der Waals surface area contributed by atoms with Crippen molar-refractivity contribution < 1.29 is 19.1 Å². The van der Waals surface area contributed by atoms with Gasteiger partial charge in [0.05, 0.1) is 13.0 Å². The molecule has 1 aliphatic heterocycles. The van der Waals surface area contributed by atoms with Crippen LogP contribution in [0.2, 0.25) is 0 Å². The number of amides is 3. The summed E-state index contributed by atoms with van der Waals surface area (Å²) in [5.74, 6) is -0.177. The number of hydrogen-bond acceptors (Lipinski definition) is 4. The van der Waals surface area contributed by atoms with E-state index in [-0.39, 0.29) is 24.1 Å². The van der Waals surface area contributed by atoms with Crippen LogP contribution in [0.5, 0.6) is 5.75 Å². The van der Waals surface area contributed by atoms with Gasteiger partial charge in [-0.1, -0.05) is 6.07 Å². The van der Waals surface area contributed by atoms with Gasteiger partial charge >= 0.3 is 0 Å². The Morgan fingerprint density at radius 3 is 2.65 bits per heavy atom. The van der Waals surface area contributed by atoms with E-state index in [2.05, 4.69) is 15.6 Å². The predicted molar refractivity (Wildman–Crippen MR) is 117 cm³/mol. The van der Waals surface area contributed by atoms with Gasteiger partial charge in [-0.3, -0.25) is 14.4 Å². The first kappa shape index (κ1) is 20.5. The Morgan fingerprint density at radius 2 is 1.87 bits per heavy atom. The van der Waals surface area contributed by atoms with Crippen molar-refractivity contribution in [2.24, 2.45) is 5.92 Å². The van der Waals surface area contributed by atoms with Crippen molar-refractivity contribution in [3.63, 3.8) is 0 Å². The zero-order valence-corrected chi connectivity index (χ0v) is 17.2. The summed E-state index contributed by atoms with van der Waals surface area (Å²) in [5, 5.41) is 6.49. The molecule has 160 valence electrons. The number of carbonyl (C=O) groups is 3. The maximum absolute atomic E-state index is 12.5. The number of nitrogens with one attached hydrogen (secondary N) is 3. The van der Waals surface area contributed by atoms with Gasteiger partial charge in [0.15, 0.2) is 0 Å². The number of methoxy groups -OCH3 is 1. The highest BCUT2D eigenvalue weighted by molar-refractivity contribution is 6.06. The number of aromatic nitrogens is 1. The van der Waals surface area contributed by atoms with Gasteiger partial charge in [0, 0.05) is 54.4 Å². The van der Waals surface area contributed by atoms with E-state index in [1.165, 1.54) is 0 Å². The van der Waals surface area contributed by atoms with Crippen LogP contribution in [-0.4, -0.2) is 49.4 Å². The second-order valence-corrected chi connectivity index (χ2v) is 7.39. The summed E-state index contributed by atoms with van der Waals surface area (Å²) < 4.78 is 5.14. The molecule has 0 saturated carbocycles. The van der Waals surface area contributed by atoms with Gasteiger partial charge in [-0.25, -0.2) is 0 Å². The normalized spacial score (nSPS) is 15.8. The van der Waals surface area contributed by atoms with E-state index in [4.69, 9.17) is 4.74 Å². The minimum atomic E-state index is -0.418. The maximum Gasteiger partial charge on any atom is 0.252 e. The molecule has 1 aliphatic rings. The first-order chi connectivity index (χ1) is 15.1. The molecule has 0 aliphatic carbocycles. The molecule has 1 atom stereocenters. The second-order valence-electron chi connectivity index (χ2n) is 7.39. The molecule has 3 N–H and O–H groups in total. The largest absolute Gasteiger partial charge is 0.497 e. The Labute approximate surface area is 179 Å². The molecule has 2 aromatic carbocycles. The van der Waals surface area contributed by atoms with Crippen LogP contribution in [0, 0.1) is 5.92 Å². The maximum atomic E-state index is 12.5. The number of anilines is 1. The number of ether oxygens (including phenoxy) is 1. The molecule has 8 nitrogen and oxygen atoms in total. The van der Waals surface area contributed by atoms with E-state index < -0.39 is 5.92 Å². The van der Waals surface area contributed by atoms with E-state index in [1.807, 2.05) is 18.2 Å². The number of hydrogen-bond donors (Lipinski definition) is 3. The van der Waals surface area contributed by atoms with Crippen molar-refractivity contribution in [2.45, 2.75) is 6.42 Å². The highest BCUT2D eigenvalue weighted by Crippen LogP contribution is 2.26. The minimum Gasteiger partial charge on any atom is -0.497 e. The van der Waals surface area contributed by atoms with Crippen molar-refractivity contribution in [3.8, 4) is 5.75 Å². The second kappa shape index (κ2) is 8.91. The number of nitrogens with zero attached hydrogens (tertiary/aromatic N) is 1. The van der Waals surface area contributed by atoms with E-state index in [9.17, 15) is 14.4 Å². The Balaban J connectivity index is 1.26. The summed E-state index contributed by atoms with van der Waals surface area (Å²) in [6.45, 7) is 0.925. The first-order valence-electron chi connectivity index (χ1n) is 10.1. The molecule has 1 saturated heterocycles. The van der Waals surface area contributed by atoms with Crippen molar-refractivity contribution in [2.75, 3.05) is 31.6 Å². The van der Waals surface area contributed by atoms with Crippen molar-refractivity contribution in [3.05, 3.63) is 60.3 Å². The standard InChI is InChI=1S/C23H24N4O4/c1-31-17-7-5-16(6-8-17)27-14-15(13-21(27)28)22(29)25-11-12-26-23(30)19-3-2-4-20-18(19)9-10-24-20/h2-10,15,24H,11-14H2,1H3,(H,25,29)(H,26,30)/t15-/m1/s1. The Morgan fingerprint density at radius 1 is 1.10 bits per heavy atom. The lowest BCUT2D eigenvalue weighted by atomic mass is 10.1. The van der Waals surface area contributed by atoms with Gasteiger partial charge in [-0.15, -0.1) is 0 Å². The third kappa shape index (κ3) is 4.37. The third-order valence-electron chi connectivity index (χ3n) is 5.43. The van der Waals surface area contributed by atoms with Crippen LogP contribution in [0.1, 0.15) is 16.8 Å². The SMILES string of the molecule is COc1ccc(N2C[C@H](C(=O)NCCNC(=O)c3cccc4[nH]ccc34)CC2=O)cc1. The molecule has 4 rings (SSSR count). The topological polar surface area (TPSA) is 104 Å². The van der Waals surface area contributed by atoms with Crippen LogP contribution < -0.4 is 20.3 Å². The van der Waals surface area contributed by atoms with Gasteiger partial charge < -0.3 is 25.3 Å². The van der Waals surface area contributed by atoms with E-state index in [1.54, 1.807) is 48.5 Å². The highest BCUT2D eigenvalue weighted by atomic mass is 16.5. The lowest BCUT2D eigenvalue weighted by molar-refractivity contribution is -0.126. The summed E-state index contributed by atoms with van der Waals surface area (Å²) in [4.78, 5) is 42.0. The molecule has 0 unspecified atom stereocenters. The highest BCUT2D eigenvalue weighted by Gasteiger charge is 2.34. The average molecular weight is 420 g/mol. The Kier molecular flexibility index (Phi) is 5.88. The minimum absolute atomic E-state index is 0.0850. The molecule has 3 aromatic rings. The van der Waals surface area contributed by atoms with Gasteiger partial charge in [-0.05, 0) is 42.5 Å². The fourth-order valence-corrected chi connectivity index (χ4v) is 3.78. The van der Waals surface area contributed by atoms with Gasteiger partial charge in [-0.2, -0.15) is 0 Å². The molecular formula is C23H24N4O4. The molecule has 2 heterocycles. The van der Waals surface area contributed by atoms with Crippen LogP contribution in [0.15, 0.2) is 54.7 Å². The van der Waals surface area contributed by atoms with Crippen LogP contribution in [-0.2, 0) is 9.59 Å². The zero-order valence-electron chi connectivity index (χ0n) is 17.2. The molecular weight excluding hydrogens is 396 g/mol. The smallest absolute Gasteiger partial charge is 0.252 e. The van der Waals surface area contributed by atoms with E-state index >= 15 is 0 Å². The van der Waals surface area contributed by atoms with Gasteiger partial charge in [0.25, 0.3) is 5.91 Å². The number of benzene rings is 2. The number of carbonyl (C=O) groups excluding carboxylic acids is 3. The monoisotopic (exact) mass is 420 g/mol. The number of aromatic amines is 1. The number of fused-ring (bicyclic) bond motifs is 1. The summed E-state index contributed by atoms with van der Waals surface area (Å²) in [6.07, 6.45) is 1.96. The summed E-state index contributed by atoms with van der Waals surface area (Å²) in [7, 11) is 1.58. The first-order valence-corrected chi connectivity index (χ1v) is 10.1. The average Bonchev–Trinajstić information content (AvgIpc) is 3.43. The fraction of sp³-hybridized carbons (Fsp3) is 0.261. The van der Waals surface area contributed by atoms with E-state index in [0.29, 0.717) is 30.9 Å². The molecule has 8 heteroatoms. The lowest BCUT2D eigenvalue weighted by Crippen LogP contribution is -2.38. The van der Waals surface area contributed by atoms with Crippen LogP contribution in [0.4, 0.5) is 5.69 Å². The summed E-state index contributed by atoms with van der Waals surface area (Å²) in [5.41, 5.74) is 2.22. The fourth-order valence-electron chi connectivity index (χ4n) is 3.78. The molecule has 3 amide bonds. The Bertz CT molecular complexity index is 1110. The summed E-state index contributed by atoms with van der Waals surface area (Å²) in [6, 6.07) is 14.5. The summed E-state index contributed by atoms with van der Waals surface area (Å²) >= 11 is 0. The van der Waals surface area contributed by atoms with Crippen molar-refractivity contribution in [1.29, 1.82) is 0 Å². The van der Waals surface area contributed by atoms with Crippen LogP contribution >= 0.6 is 0 Å². The quantitative estimate of drug-likeness (QED) is 0.509. The molecule has 1 aromatic heterocycles. The third-order valence-corrected chi connectivity index (χ3v) is 5.43. The zero-order chi connectivity index (χ0) is 21.8. The van der Waals surface area contributed by atoms with E-state index in [0.717, 1.165) is 16.6 Å². The number of H-pyrrole nitrogens is 1. The van der Waals surface area contributed by atoms with Crippen LogP contribution in [0.25, 0.3) is 10.9 Å². The van der Waals surface area contributed by atoms with Crippen molar-refractivity contribution in [1.82, 2.24) is 15.6 Å². The predicted octanol–water partition coefficient (Wildman–Crippen LogP) is 2.08. The molecule has 31 heavy (non-hydrogen) atoms. The number of rotatable bonds is 7. The van der Waals surface area contributed by atoms with Crippen molar-refractivity contribution >= 4 is 34.3 Å². The van der Waals surface area contributed by atoms with Crippen LogP contribution in [0.3, 0.4) is 0 Å². The van der Waals surface area contributed by atoms with Gasteiger partial charge in [0.2, 0.25) is 11.8 Å². The lowest BCUT2D eigenvalue weighted by Gasteiger charge is -2.17. The van der Waals surface area contributed by atoms with Gasteiger partial charge in [0.1, 0.15) is 5.75 Å². The molecule has 1 fully saturated rings. The Hall–Kier alpha value is -3.81. The molecule has 0 bridgehead atoms. The molecule has 0 spiro atoms. The molecule has 0 radical (unpaired) electrons.